The third-order valence-electron chi connectivity index (χ3n) is 2.17. The Morgan fingerprint density at radius 1 is 1.50 bits per heavy atom. The highest BCUT2D eigenvalue weighted by atomic mass is 35.5. The number of halogens is 1. The van der Waals surface area contributed by atoms with Gasteiger partial charge < -0.3 is 15.7 Å². The van der Waals surface area contributed by atoms with Crippen LogP contribution in [0, 0.1) is 0 Å². The Hall–Kier alpha value is -0.720. The minimum atomic E-state index is -0.800. The van der Waals surface area contributed by atoms with Gasteiger partial charge in [-0.2, -0.15) is 16.7 Å². The van der Waals surface area contributed by atoms with E-state index in [1.807, 2.05) is 13.2 Å². The summed E-state index contributed by atoms with van der Waals surface area (Å²) in [7, 11) is 0. The van der Waals surface area contributed by atoms with Crippen molar-refractivity contribution >= 4 is 35.1 Å². The maximum Gasteiger partial charge on any atom is 0.224 e. The van der Waals surface area contributed by atoms with Crippen LogP contribution in [0.1, 0.15) is 13.8 Å². The number of aromatic nitrogens is 2. The molecule has 1 aromatic rings. The standard InChI is InChI=1S/C11H19ClN4OS/c1-4-13-10-14-5-8(12)9(16-10)15-6-11(2,17)7-18-3/h5,17H,4,6-7H2,1-3H3,(H2,13,14,15,16). The molecule has 102 valence electrons. The van der Waals surface area contributed by atoms with Crippen molar-refractivity contribution in [2.24, 2.45) is 0 Å². The predicted octanol–water partition coefficient (Wildman–Crippen LogP) is 2.09. The summed E-state index contributed by atoms with van der Waals surface area (Å²) in [5, 5.41) is 16.6. The summed E-state index contributed by atoms with van der Waals surface area (Å²) < 4.78 is 0. The van der Waals surface area contributed by atoms with Crippen LogP contribution < -0.4 is 10.6 Å². The number of nitrogens with zero attached hydrogens (tertiary/aromatic N) is 2. The van der Waals surface area contributed by atoms with Crippen molar-refractivity contribution in [3.05, 3.63) is 11.2 Å². The maximum atomic E-state index is 10.1. The zero-order valence-corrected chi connectivity index (χ0v) is 12.4. The topological polar surface area (TPSA) is 70.1 Å². The van der Waals surface area contributed by atoms with Gasteiger partial charge in [0.25, 0.3) is 0 Å². The van der Waals surface area contributed by atoms with Crippen LogP contribution in [0.3, 0.4) is 0 Å². The molecule has 0 spiro atoms. The van der Waals surface area contributed by atoms with Crippen molar-refractivity contribution in [3.63, 3.8) is 0 Å². The molecule has 7 heteroatoms. The normalized spacial score (nSPS) is 14.1. The summed E-state index contributed by atoms with van der Waals surface area (Å²) in [6, 6.07) is 0. The number of hydrogen-bond acceptors (Lipinski definition) is 6. The fourth-order valence-electron chi connectivity index (χ4n) is 1.37. The van der Waals surface area contributed by atoms with Crippen LogP contribution in [0.2, 0.25) is 5.02 Å². The molecule has 1 aromatic heterocycles. The molecule has 1 rings (SSSR count). The van der Waals surface area contributed by atoms with Crippen LogP contribution in [0.25, 0.3) is 0 Å². The fourth-order valence-corrected chi connectivity index (χ4v) is 2.25. The minimum absolute atomic E-state index is 0.385. The minimum Gasteiger partial charge on any atom is -0.387 e. The first-order chi connectivity index (χ1) is 8.48. The van der Waals surface area contributed by atoms with Crippen LogP contribution in [0.15, 0.2) is 6.20 Å². The summed E-state index contributed by atoms with van der Waals surface area (Å²) >= 11 is 7.59. The molecule has 1 unspecified atom stereocenters. The Bertz CT molecular complexity index is 389. The second-order valence-corrected chi connectivity index (χ2v) is 5.48. The molecule has 3 N–H and O–H groups in total. The second kappa shape index (κ2) is 7.01. The molecular weight excluding hydrogens is 272 g/mol. The van der Waals surface area contributed by atoms with Gasteiger partial charge >= 0.3 is 0 Å². The summed E-state index contributed by atoms with van der Waals surface area (Å²) in [5.74, 6) is 1.70. The van der Waals surface area contributed by atoms with Gasteiger partial charge in [0.1, 0.15) is 5.02 Å². The smallest absolute Gasteiger partial charge is 0.224 e. The molecule has 1 heterocycles. The second-order valence-electron chi connectivity index (χ2n) is 4.20. The third kappa shape index (κ3) is 4.88. The average molecular weight is 291 g/mol. The van der Waals surface area contributed by atoms with E-state index >= 15 is 0 Å². The summed E-state index contributed by atoms with van der Waals surface area (Å²) in [5.41, 5.74) is -0.800. The molecule has 0 aliphatic carbocycles. The molecule has 0 radical (unpaired) electrons. The lowest BCUT2D eigenvalue weighted by Gasteiger charge is -2.23. The highest BCUT2D eigenvalue weighted by Crippen LogP contribution is 2.20. The van der Waals surface area contributed by atoms with Crippen molar-refractivity contribution in [1.82, 2.24) is 9.97 Å². The van der Waals surface area contributed by atoms with E-state index in [-0.39, 0.29) is 0 Å². The Balaban J connectivity index is 2.68. The first-order valence-corrected chi connectivity index (χ1v) is 7.47. The van der Waals surface area contributed by atoms with Gasteiger partial charge in [-0.25, -0.2) is 4.98 Å². The Labute approximate surface area is 117 Å². The van der Waals surface area contributed by atoms with E-state index in [2.05, 4.69) is 20.6 Å². The van der Waals surface area contributed by atoms with Gasteiger partial charge in [-0.05, 0) is 20.1 Å². The number of nitrogens with one attached hydrogen (secondary N) is 2. The number of thioether (sulfide) groups is 1. The van der Waals surface area contributed by atoms with Gasteiger partial charge in [0.15, 0.2) is 5.82 Å². The molecule has 0 bridgehead atoms. The van der Waals surface area contributed by atoms with Gasteiger partial charge in [-0.1, -0.05) is 11.6 Å². The lowest BCUT2D eigenvalue weighted by Crippen LogP contribution is -2.36. The highest BCUT2D eigenvalue weighted by Gasteiger charge is 2.20. The molecule has 0 saturated carbocycles. The maximum absolute atomic E-state index is 10.1. The zero-order valence-electron chi connectivity index (χ0n) is 10.8. The Morgan fingerprint density at radius 3 is 2.83 bits per heavy atom. The average Bonchev–Trinajstić information content (AvgIpc) is 2.30. The Kier molecular flexibility index (Phi) is 5.98. The van der Waals surface area contributed by atoms with Crippen molar-refractivity contribution in [3.8, 4) is 0 Å². The van der Waals surface area contributed by atoms with Gasteiger partial charge in [0, 0.05) is 18.8 Å². The fraction of sp³-hybridized carbons (Fsp3) is 0.636. The first kappa shape index (κ1) is 15.3. The first-order valence-electron chi connectivity index (χ1n) is 5.70. The lowest BCUT2D eigenvalue weighted by molar-refractivity contribution is 0.0996. The van der Waals surface area contributed by atoms with Crippen molar-refractivity contribution in [1.29, 1.82) is 0 Å². The van der Waals surface area contributed by atoms with E-state index in [4.69, 9.17) is 11.6 Å². The van der Waals surface area contributed by atoms with Crippen molar-refractivity contribution in [2.75, 3.05) is 35.7 Å². The van der Waals surface area contributed by atoms with Crippen molar-refractivity contribution < 1.29 is 5.11 Å². The quantitative estimate of drug-likeness (QED) is 0.714. The van der Waals surface area contributed by atoms with E-state index in [0.717, 1.165) is 6.54 Å². The van der Waals surface area contributed by atoms with Crippen LogP contribution in [-0.4, -0.2) is 45.8 Å². The van der Waals surface area contributed by atoms with Crippen LogP contribution in [0.4, 0.5) is 11.8 Å². The van der Waals surface area contributed by atoms with Crippen LogP contribution in [-0.2, 0) is 0 Å². The molecule has 0 fully saturated rings. The largest absolute Gasteiger partial charge is 0.387 e. The van der Waals surface area contributed by atoms with Crippen LogP contribution in [0.5, 0.6) is 0 Å². The van der Waals surface area contributed by atoms with Gasteiger partial charge in [-0.3, -0.25) is 0 Å². The summed E-state index contributed by atoms with van der Waals surface area (Å²) in [6.45, 7) is 4.87. The lowest BCUT2D eigenvalue weighted by atomic mass is 10.1. The molecule has 0 amide bonds. The predicted molar refractivity (Wildman–Crippen MR) is 78.7 cm³/mol. The van der Waals surface area contributed by atoms with Crippen LogP contribution >= 0.6 is 23.4 Å². The summed E-state index contributed by atoms with van der Waals surface area (Å²) in [6.07, 6.45) is 3.49. The van der Waals surface area contributed by atoms with Crippen molar-refractivity contribution in [2.45, 2.75) is 19.4 Å². The number of aliphatic hydroxyl groups is 1. The molecule has 5 nitrogen and oxygen atoms in total. The van der Waals surface area contributed by atoms with E-state index in [9.17, 15) is 5.11 Å². The molecular formula is C11H19ClN4OS. The zero-order chi connectivity index (χ0) is 13.6. The van der Waals surface area contributed by atoms with E-state index in [1.165, 1.54) is 6.20 Å². The van der Waals surface area contributed by atoms with Gasteiger partial charge in [-0.15, -0.1) is 0 Å². The van der Waals surface area contributed by atoms with E-state index in [1.54, 1.807) is 18.7 Å². The molecule has 0 aliphatic heterocycles. The van der Waals surface area contributed by atoms with Gasteiger partial charge in [0.2, 0.25) is 5.95 Å². The third-order valence-corrected chi connectivity index (χ3v) is 3.36. The molecule has 0 saturated heterocycles. The van der Waals surface area contributed by atoms with E-state index < -0.39 is 5.60 Å². The number of hydrogen-bond donors (Lipinski definition) is 3. The molecule has 0 aromatic carbocycles. The summed E-state index contributed by atoms with van der Waals surface area (Å²) in [4.78, 5) is 8.29. The monoisotopic (exact) mass is 290 g/mol. The molecule has 1 atom stereocenters. The number of anilines is 2. The van der Waals surface area contributed by atoms with Gasteiger partial charge in [0.05, 0.1) is 11.8 Å². The van der Waals surface area contributed by atoms with E-state index in [0.29, 0.717) is 29.1 Å². The SMILES string of the molecule is CCNc1ncc(Cl)c(NCC(C)(O)CSC)n1. The number of rotatable bonds is 7. The molecule has 18 heavy (non-hydrogen) atoms. The Morgan fingerprint density at radius 2 is 2.22 bits per heavy atom. The molecule has 0 aliphatic rings. The highest BCUT2D eigenvalue weighted by molar-refractivity contribution is 7.98.